The molecule has 1 aromatic heterocycles. The quantitative estimate of drug-likeness (QED) is 0.807. The minimum Gasteiger partial charge on any atom is -0.402 e. The Morgan fingerprint density at radius 2 is 2.07 bits per heavy atom. The molecule has 15 heavy (non-hydrogen) atoms. The third kappa shape index (κ3) is 3.38. The Balaban J connectivity index is 3.05. The smallest absolute Gasteiger partial charge is 0.402 e. The molecule has 0 aliphatic rings. The van der Waals surface area contributed by atoms with Crippen LogP contribution in [-0.4, -0.2) is 11.3 Å². The molecule has 4 N–H and O–H groups in total. The van der Waals surface area contributed by atoms with Crippen LogP contribution in [0.25, 0.3) is 0 Å². The fourth-order valence-electron chi connectivity index (χ4n) is 0.876. The van der Waals surface area contributed by atoms with Gasteiger partial charge in [-0.05, 0) is 28.7 Å². The van der Waals surface area contributed by atoms with Gasteiger partial charge >= 0.3 is 6.36 Å². The number of nitrogens with two attached hydrogens (primary N) is 2. The van der Waals surface area contributed by atoms with Crippen LogP contribution in [0.15, 0.2) is 6.07 Å². The lowest BCUT2D eigenvalue weighted by Gasteiger charge is -2.12. The standard InChI is InChI=1S/C7H7F3IN3O/c8-7(9,10)15-5-1-3(11)4(2-12)14-6(5)13/h1H,2,12H2,(H2,13,14). The molecule has 0 unspecified atom stereocenters. The summed E-state index contributed by atoms with van der Waals surface area (Å²) in [6.45, 7) is 0.106. The summed E-state index contributed by atoms with van der Waals surface area (Å²) in [6, 6.07) is 1.15. The molecule has 0 aliphatic carbocycles. The summed E-state index contributed by atoms with van der Waals surface area (Å²) >= 11 is 1.81. The lowest BCUT2D eigenvalue weighted by molar-refractivity contribution is -0.274. The van der Waals surface area contributed by atoms with Gasteiger partial charge in [0.2, 0.25) is 0 Å². The van der Waals surface area contributed by atoms with Crippen molar-refractivity contribution < 1.29 is 17.9 Å². The van der Waals surface area contributed by atoms with Crippen molar-refractivity contribution in [3.63, 3.8) is 0 Å². The number of aromatic nitrogens is 1. The largest absolute Gasteiger partial charge is 0.573 e. The van der Waals surface area contributed by atoms with Crippen molar-refractivity contribution in [3.8, 4) is 5.75 Å². The second kappa shape index (κ2) is 4.39. The molecule has 0 aromatic carbocycles. The van der Waals surface area contributed by atoms with Crippen molar-refractivity contribution >= 4 is 28.4 Å². The zero-order valence-corrected chi connectivity index (χ0v) is 9.46. The number of nitrogens with zero attached hydrogens (tertiary/aromatic N) is 1. The number of rotatable bonds is 2. The van der Waals surface area contributed by atoms with E-state index in [1.54, 1.807) is 0 Å². The Morgan fingerprint density at radius 1 is 1.47 bits per heavy atom. The Morgan fingerprint density at radius 3 is 2.53 bits per heavy atom. The van der Waals surface area contributed by atoms with Gasteiger partial charge in [-0.25, -0.2) is 4.98 Å². The molecule has 84 valence electrons. The third-order valence-electron chi connectivity index (χ3n) is 1.46. The molecule has 0 bridgehead atoms. The summed E-state index contributed by atoms with van der Waals surface area (Å²) in [4.78, 5) is 3.70. The molecule has 0 amide bonds. The number of halogens is 4. The first-order valence-electron chi connectivity index (χ1n) is 3.74. The van der Waals surface area contributed by atoms with Crippen molar-refractivity contribution in [3.05, 3.63) is 15.3 Å². The molecule has 8 heteroatoms. The number of alkyl halides is 3. The highest BCUT2D eigenvalue weighted by Crippen LogP contribution is 2.29. The highest BCUT2D eigenvalue weighted by molar-refractivity contribution is 14.1. The van der Waals surface area contributed by atoms with Gasteiger partial charge in [-0.2, -0.15) is 0 Å². The van der Waals surface area contributed by atoms with Crippen LogP contribution in [0, 0.1) is 3.57 Å². The van der Waals surface area contributed by atoms with Gasteiger partial charge in [0.25, 0.3) is 0 Å². The number of nitrogen functional groups attached to an aromatic ring is 1. The lowest BCUT2D eigenvalue weighted by atomic mass is 10.3. The van der Waals surface area contributed by atoms with Crippen LogP contribution < -0.4 is 16.2 Å². The first-order valence-corrected chi connectivity index (χ1v) is 4.82. The molecule has 1 aromatic rings. The minimum absolute atomic E-state index is 0.106. The molecular formula is C7H7F3IN3O. The van der Waals surface area contributed by atoms with Crippen LogP contribution in [0.2, 0.25) is 0 Å². The number of hydrogen-bond acceptors (Lipinski definition) is 4. The SMILES string of the molecule is NCc1nc(N)c(OC(F)(F)F)cc1I. The van der Waals surface area contributed by atoms with E-state index in [0.29, 0.717) is 9.26 Å². The van der Waals surface area contributed by atoms with Crippen LogP contribution in [0.1, 0.15) is 5.69 Å². The van der Waals surface area contributed by atoms with Crippen molar-refractivity contribution in [2.24, 2.45) is 5.73 Å². The summed E-state index contributed by atoms with van der Waals surface area (Å²) < 4.78 is 39.9. The fraction of sp³-hybridized carbons (Fsp3) is 0.286. The van der Waals surface area contributed by atoms with E-state index >= 15 is 0 Å². The average Bonchev–Trinajstić information content (AvgIpc) is 2.08. The van der Waals surface area contributed by atoms with E-state index in [4.69, 9.17) is 11.5 Å². The van der Waals surface area contributed by atoms with E-state index in [9.17, 15) is 13.2 Å². The predicted molar refractivity (Wildman–Crippen MR) is 55.9 cm³/mol. The Labute approximate surface area is 96.9 Å². The molecule has 1 rings (SSSR count). The Hall–Kier alpha value is -0.770. The van der Waals surface area contributed by atoms with Gasteiger partial charge in [0.05, 0.1) is 5.69 Å². The van der Waals surface area contributed by atoms with E-state index in [0.717, 1.165) is 6.07 Å². The van der Waals surface area contributed by atoms with Crippen molar-refractivity contribution in [1.82, 2.24) is 4.98 Å². The monoisotopic (exact) mass is 333 g/mol. The molecule has 0 spiro atoms. The van der Waals surface area contributed by atoms with Crippen LogP contribution in [-0.2, 0) is 6.54 Å². The normalized spacial score (nSPS) is 11.5. The molecular weight excluding hydrogens is 326 g/mol. The van der Waals surface area contributed by atoms with Gasteiger partial charge < -0.3 is 16.2 Å². The molecule has 0 fully saturated rings. The number of pyridine rings is 1. The lowest BCUT2D eigenvalue weighted by Crippen LogP contribution is -2.19. The highest BCUT2D eigenvalue weighted by Gasteiger charge is 2.32. The fourth-order valence-corrected chi connectivity index (χ4v) is 1.50. The first kappa shape index (κ1) is 12.3. The molecule has 0 radical (unpaired) electrons. The molecule has 0 aliphatic heterocycles. The number of anilines is 1. The number of ether oxygens (including phenoxy) is 1. The van der Waals surface area contributed by atoms with Crippen LogP contribution in [0.3, 0.4) is 0 Å². The van der Waals surface area contributed by atoms with Gasteiger partial charge in [-0.1, -0.05) is 0 Å². The summed E-state index contributed by atoms with van der Waals surface area (Å²) in [7, 11) is 0. The maximum absolute atomic E-state index is 11.9. The maximum Gasteiger partial charge on any atom is 0.573 e. The third-order valence-corrected chi connectivity index (χ3v) is 2.39. The Bertz CT molecular complexity index is 369. The van der Waals surface area contributed by atoms with E-state index in [-0.39, 0.29) is 12.4 Å². The summed E-state index contributed by atoms with van der Waals surface area (Å²) in [5.74, 6) is -0.836. The van der Waals surface area contributed by atoms with Gasteiger partial charge in [-0.3, -0.25) is 0 Å². The van der Waals surface area contributed by atoms with Gasteiger partial charge in [0.15, 0.2) is 11.6 Å². The number of hydrogen-bond donors (Lipinski definition) is 2. The van der Waals surface area contributed by atoms with Crippen LogP contribution in [0.4, 0.5) is 19.0 Å². The summed E-state index contributed by atoms with van der Waals surface area (Å²) in [6.07, 6.45) is -4.77. The topological polar surface area (TPSA) is 74.2 Å². The van der Waals surface area contributed by atoms with Crippen molar-refractivity contribution in [2.75, 3.05) is 5.73 Å². The maximum atomic E-state index is 11.9. The molecule has 0 saturated carbocycles. The van der Waals surface area contributed by atoms with Gasteiger partial charge in [0, 0.05) is 10.1 Å². The first-order chi connectivity index (χ1) is 6.83. The van der Waals surface area contributed by atoms with E-state index in [1.165, 1.54) is 0 Å². The van der Waals surface area contributed by atoms with E-state index < -0.39 is 12.1 Å². The Kier molecular flexibility index (Phi) is 3.60. The van der Waals surface area contributed by atoms with Gasteiger partial charge in [-0.15, -0.1) is 13.2 Å². The van der Waals surface area contributed by atoms with E-state index in [2.05, 4.69) is 9.72 Å². The molecule has 0 atom stereocenters. The molecule has 4 nitrogen and oxygen atoms in total. The summed E-state index contributed by atoms with van der Waals surface area (Å²) in [5, 5.41) is 0. The van der Waals surface area contributed by atoms with Crippen molar-refractivity contribution in [2.45, 2.75) is 12.9 Å². The summed E-state index contributed by atoms with van der Waals surface area (Å²) in [5.41, 5.74) is 11.0. The molecule has 0 saturated heterocycles. The highest BCUT2D eigenvalue weighted by atomic mass is 127. The second-order valence-electron chi connectivity index (χ2n) is 2.55. The van der Waals surface area contributed by atoms with Crippen LogP contribution in [0.5, 0.6) is 5.75 Å². The second-order valence-corrected chi connectivity index (χ2v) is 3.71. The van der Waals surface area contributed by atoms with E-state index in [1.807, 2.05) is 22.6 Å². The zero-order valence-electron chi connectivity index (χ0n) is 7.31. The minimum atomic E-state index is -4.77. The van der Waals surface area contributed by atoms with Gasteiger partial charge in [0.1, 0.15) is 0 Å². The van der Waals surface area contributed by atoms with Crippen molar-refractivity contribution in [1.29, 1.82) is 0 Å². The molecule has 1 heterocycles. The predicted octanol–water partition coefficient (Wildman–Crippen LogP) is 1.63. The zero-order chi connectivity index (χ0) is 11.6. The average molecular weight is 333 g/mol. The van der Waals surface area contributed by atoms with Crippen LogP contribution >= 0.6 is 22.6 Å².